The summed E-state index contributed by atoms with van der Waals surface area (Å²) in [5, 5.41) is 11.6. The van der Waals surface area contributed by atoms with Crippen molar-refractivity contribution in [3.63, 3.8) is 0 Å². The highest BCUT2D eigenvalue weighted by molar-refractivity contribution is 5.14. The molecule has 1 N–H and O–H groups in total. The number of aromatic nitrogens is 3. The fourth-order valence-corrected chi connectivity index (χ4v) is 1.80. The maximum absolute atomic E-state index is 5.14. The molecular formula is C12H18N4O. The van der Waals surface area contributed by atoms with E-state index in [-0.39, 0.29) is 6.04 Å². The minimum absolute atomic E-state index is 0.241. The van der Waals surface area contributed by atoms with Crippen LogP contribution < -0.4 is 5.32 Å². The molecule has 2 aromatic rings. The zero-order chi connectivity index (χ0) is 12.1. The molecule has 0 fully saturated rings. The molecule has 0 radical (unpaired) electrons. The van der Waals surface area contributed by atoms with Crippen molar-refractivity contribution in [2.24, 2.45) is 7.05 Å². The number of aryl methyl sites for hydroxylation is 1. The van der Waals surface area contributed by atoms with Gasteiger partial charge >= 0.3 is 0 Å². The lowest BCUT2D eigenvalue weighted by atomic mass is 10.1. The van der Waals surface area contributed by atoms with Crippen molar-refractivity contribution < 1.29 is 4.42 Å². The zero-order valence-corrected chi connectivity index (χ0v) is 10.3. The van der Waals surface area contributed by atoms with Crippen molar-refractivity contribution >= 4 is 0 Å². The van der Waals surface area contributed by atoms with Crippen molar-refractivity contribution in [2.75, 3.05) is 6.54 Å². The summed E-state index contributed by atoms with van der Waals surface area (Å²) in [4.78, 5) is 0. The summed E-state index contributed by atoms with van der Waals surface area (Å²) in [5.74, 6) is 0. The molecule has 1 atom stereocenters. The summed E-state index contributed by atoms with van der Waals surface area (Å²) in [6, 6.07) is 2.23. The number of furan rings is 1. The van der Waals surface area contributed by atoms with Gasteiger partial charge in [-0.1, -0.05) is 12.1 Å². The Hall–Kier alpha value is -1.62. The fourth-order valence-electron chi connectivity index (χ4n) is 1.80. The van der Waals surface area contributed by atoms with Gasteiger partial charge in [-0.2, -0.15) is 0 Å². The summed E-state index contributed by atoms with van der Waals surface area (Å²) < 4.78 is 6.86. The molecular weight excluding hydrogens is 216 g/mol. The molecule has 17 heavy (non-hydrogen) atoms. The predicted octanol–water partition coefficient (Wildman–Crippen LogP) is 1.69. The van der Waals surface area contributed by atoms with Crippen molar-refractivity contribution in [2.45, 2.75) is 25.8 Å². The van der Waals surface area contributed by atoms with Crippen LogP contribution in [0, 0.1) is 0 Å². The van der Waals surface area contributed by atoms with Crippen LogP contribution in [-0.4, -0.2) is 21.5 Å². The number of nitrogens with zero attached hydrogens (tertiary/aromatic N) is 3. The van der Waals surface area contributed by atoms with Gasteiger partial charge < -0.3 is 9.73 Å². The molecule has 0 aliphatic carbocycles. The lowest BCUT2D eigenvalue weighted by molar-refractivity contribution is 0.508. The average Bonchev–Trinajstić information content (AvgIpc) is 2.95. The van der Waals surface area contributed by atoms with E-state index in [0.29, 0.717) is 0 Å². The molecule has 2 heterocycles. The van der Waals surface area contributed by atoms with Crippen LogP contribution in [-0.2, 0) is 13.5 Å². The third-order valence-corrected chi connectivity index (χ3v) is 2.65. The molecule has 0 aliphatic rings. The Labute approximate surface area is 101 Å². The topological polar surface area (TPSA) is 55.9 Å². The summed E-state index contributed by atoms with van der Waals surface area (Å²) in [6.45, 7) is 3.14. The van der Waals surface area contributed by atoms with Crippen LogP contribution in [0.4, 0.5) is 0 Å². The Morgan fingerprint density at radius 3 is 3.00 bits per heavy atom. The molecule has 0 aliphatic heterocycles. The normalized spacial score (nSPS) is 12.8. The number of nitrogens with one attached hydrogen (secondary N) is 1. The van der Waals surface area contributed by atoms with E-state index in [0.717, 1.165) is 30.6 Å². The Kier molecular flexibility index (Phi) is 3.93. The first kappa shape index (κ1) is 11.9. The van der Waals surface area contributed by atoms with Gasteiger partial charge in [0, 0.05) is 31.3 Å². The summed E-state index contributed by atoms with van der Waals surface area (Å²) in [7, 11) is 1.88. The lowest BCUT2D eigenvalue weighted by Gasteiger charge is -2.15. The van der Waals surface area contributed by atoms with E-state index in [4.69, 9.17) is 4.42 Å². The Morgan fingerprint density at radius 1 is 1.53 bits per heavy atom. The molecule has 1 unspecified atom stereocenters. The summed E-state index contributed by atoms with van der Waals surface area (Å²) in [6.07, 6.45) is 7.36. The van der Waals surface area contributed by atoms with Crippen LogP contribution in [0.5, 0.6) is 0 Å². The minimum Gasteiger partial charge on any atom is -0.472 e. The molecule has 92 valence electrons. The summed E-state index contributed by atoms with van der Waals surface area (Å²) >= 11 is 0. The number of hydrogen-bond acceptors (Lipinski definition) is 4. The first-order chi connectivity index (χ1) is 8.29. The molecule has 0 bridgehead atoms. The highest BCUT2D eigenvalue weighted by Gasteiger charge is 2.14. The Bertz CT molecular complexity index is 435. The van der Waals surface area contributed by atoms with Crippen LogP contribution in [0.2, 0.25) is 0 Å². The van der Waals surface area contributed by atoms with Gasteiger partial charge in [-0.15, -0.1) is 5.10 Å². The van der Waals surface area contributed by atoms with Crippen LogP contribution in [0.15, 0.2) is 29.2 Å². The third-order valence-electron chi connectivity index (χ3n) is 2.65. The minimum atomic E-state index is 0.241. The predicted molar refractivity (Wildman–Crippen MR) is 64.4 cm³/mol. The molecule has 0 saturated heterocycles. The first-order valence-corrected chi connectivity index (χ1v) is 5.90. The van der Waals surface area contributed by atoms with Crippen molar-refractivity contribution in [1.82, 2.24) is 20.3 Å². The average molecular weight is 234 g/mol. The molecule has 2 aromatic heterocycles. The largest absolute Gasteiger partial charge is 0.472 e. The Balaban J connectivity index is 2.05. The molecule has 5 nitrogen and oxygen atoms in total. The second-order valence-corrected chi connectivity index (χ2v) is 4.15. The van der Waals surface area contributed by atoms with Gasteiger partial charge in [-0.3, -0.25) is 4.68 Å². The van der Waals surface area contributed by atoms with E-state index in [1.165, 1.54) is 0 Å². The van der Waals surface area contributed by atoms with Crippen LogP contribution in [0.1, 0.15) is 30.6 Å². The van der Waals surface area contributed by atoms with Gasteiger partial charge in [-0.25, -0.2) is 0 Å². The Morgan fingerprint density at radius 2 is 2.41 bits per heavy atom. The van der Waals surface area contributed by atoms with Crippen molar-refractivity contribution in [1.29, 1.82) is 0 Å². The standard InChI is InChI=1S/C12H18N4O/c1-3-5-13-12(10-4-6-17-9-10)7-11-8-16(2)15-14-11/h4,6,8-9,12-13H,3,5,7H2,1-2H3. The maximum Gasteiger partial charge on any atom is 0.0950 e. The molecule has 0 aromatic carbocycles. The van der Waals surface area contributed by atoms with Crippen molar-refractivity contribution in [3.05, 3.63) is 36.0 Å². The van der Waals surface area contributed by atoms with Crippen LogP contribution in [0.3, 0.4) is 0 Å². The molecule has 5 heteroatoms. The van der Waals surface area contributed by atoms with Gasteiger partial charge in [0.1, 0.15) is 0 Å². The maximum atomic E-state index is 5.14. The second-order valence-electron chi connectivity index (χ2n) is 4.15. The molecule has 0 spiro atoms. The van der Waals surface area contributed by atoms with Gasteiger partial charge in [-0.05, 0) is 19.0 Å². The van der Waals surface area contributed by atoms with Gasteiger partial charge in [0.15, 0.2) is 0 Å². The van der Waals surface area contributed by atoms with Gasteiger partial charge in [0.2, 0.25) is 0 Å². The SMILES string of the molecule is CCCNC(Cc1cn(C)nn1)c1ccoc1. The highest BCUT2D eigenvalue weighted by atomic mass is 16.3. The second kappa shape index (κ2) is 5.63. The monoisotopic (exact) mass is 234 g/mol. The first-order valence-electron chi connectivity index (χ1n) is 5.90. The van der Waals surface area contributed by atoms with Gasteiger partial charge in [0.05, 0.1) is 18.2 Å². The van der Waals surface area contributed by atoms with E-state index in [1.807, 2.05) is 19.3 Å². The quantitative estimate of drug-likeness (QED) is 0.826. The molecule has 0 saturated carbocycles. The lowest BCUT2D eigenvalue weighted by Crippen LogP contribution is -2.23. The fraction of sp³-hybridized carbons (Fsp3) is 0.500. The zero-order valence-electron chi connectivity index (χ0n) is 10.3. The van der Waals surface area contributed by atoms with Crippen LogP contribution >= 0.6 is 0 Å². The molecule has 2 rings (SSSR count). The van der Waals surface area contributed by atoms with Gasteiger partial charge in [0.25, 0.3) is 0 Å². The van der Waals surface area contributed by atoms with E-state index >= 15 is 0 Å². The smallest absolute Gasteiger partial charge is 0.0950 e. The number of rotatable bonds is 6. The summed E-state index contributed by atoms with van der Waals surface area (Å²) in [5.41, 5.74) is 2.14. The van der Waals surface area contributed by atoms with E-state index in [9.17, 15) is 0 Å². The number of hydrogen-bond donors (Lipinski definition) is 1. The van der Waals surface area contributed by atoms with E-state index < -0.39 is 0 Å². The molecule has 0 amide bonds. The van der Waals surface area contributed by atoms with E-state index in [2.05, 4.69) is 22.6 Å². The van der Waals surface area contributed by atoms with E-state index in [1.54, 1.807) is 17.2 Å². The highest BCUT2D eigenvalue weighted by Crippen LogP contribution is 2.17. The third kappa shape index (κ3) is 3.17. The van der Waals surface area contributed by atoms with Crippen molar-refractivity contribution in [3.8, 4) is 0 Å². The van der Waals surface area contributed by atoms with Crippen LogP contribution in [0.25, 0.3) is 0 Å².